The zero-order chi connectivity index (χ0) is 15.6. The molecular weight excluding hydrogens is 289 g/mol. The van der Waals surface area contributed by atoms with E-state index in [9.17, 15) is 4.39 Å². The van der Waals surface area contributed by atoms with Gasteiger partial charge in [-0.05, 0) is 54.3 Å². The number of anilines is 1. The van der Waals surface area contributed by atoms with E-state index < -0.39 is 0 Å². The van der Waals surface area contributed by atoms with Crippen LogP contribution in [0.25, 0.3) is 0 Å². The zero-order valence-electron chi connectivity index (χ0n) is 12.4. The smallest absolute Gasteiger partial charge is 0.123 e. The topological polar surface area (TPSA) is 35.2 Å². The fraction of sp³-hybridized carbons (Fsp3) is 0.294. The van der Waals surface area contributed by atoms with Crippen molar-refractivity contribution in [3.8, 4) is 5.75 Å². The van der Waals surface area contributed by atoms with Gasteiger partial charge in [-0.2, -0.15) is 0 Å². The third-order valence-corrected chi connectivity index (χ3v) is 3.73. The number of halogens is 2. The molecule has 0 saturated heterocycles. The van der Waals surface area contributed by atoms with E-state index in [1.165, 1.54) is 12.1 Å². The summed E-state index contributed by atoms with van der Waals surface area (Å²) in [6, 6.07) is 8.11. The van der Waals surface area contributed by atoms with Crippen LogP contribution in [0, 0.1) is 12.7 Å². The maximum Gasteiger partial charge on any atom is 0.123 e. The van der Waals surface area contributed by atoms with E-state index in [1.54, 1.807) is 6.07 Å². The summed E-state index contributed by atoms with van der Waals surface area (Å²) >= 11 is 6.23. The van der Waals surface area contributed by atoms with Crippen molar-refractivity contribution in [3.63, 3.8) is 0 Å². The van der Waals surface area contributed by atoms with Crippen molar-refractivity contribution in [1.82, 2.24) is 0 Å². The minimum atomic E-state index is -0.321. The van der Waals surface area contributed by atoms with Crippen molar-refractivity contribution < 1.29 is 9.13 Å². The minimum Gasteiger partial charge on any atom is -0.489 e. The average molecular weight is 308 g/mol. The van der Waals surface area contributed by atoms with Crippen molar-refractivity contribution in [2.24, 2.45) is 0 Å². The lowest BCUT2D eigenvalue weighted by atomic mass is 10.0. The lowest BCUT2D eigenvalue weighted by molar-refractivity contribution is 0.303. The molecule has 112 valence electrons. The quantitative estimate of drug-likeness (QED) is 0.800. The Morgan fingerprint density at radius 3 is 2.62 bits per heavy atom. The van der Waals surface area contributed by atoms with Gasteiger partial charge in [-0.15, -0.1) is 0 Å². The summed E-state index contributed by atoms with van der Waals surface area (Å²) in [5.41, 5.74) is 8.96. The number of hydrogen-bond acceptors (Lipinski definition) is 2. The van der Waals surface area contributed by atoms with Crippen molar-refractivity contribution in [2.75, 3.05) is 5.73 Å². The first-order valence-corrected chi connectivity index (χ1v) is 7.23. The molecule has 0 saturated carbocycles. The number of nitrogen functional groups attached to an aromatic ring is 1. The van der Waals surface area contributed by atoms with Crippen LogP contribution >= 0.6 is 11.6 Å². The van der Waals surface area contributed by atoms with Crippen LogP contribution in [0.1, 0.15) is 36.5 Å². The van der Waals surface area contributed by atoms with Gasteiger partial charge in [-0.1, -0.05) is 25.4 Å². The van der Waals surface area contributed by atoms with E-state index >= 15 is 0 Å². The van der Waals surface area contributed by atoms with Gasteiger partial charge in [-0.3, -0.25) is 0 Å². The molecule has 2 aromatic rings. The Morgan fingerprint density at radius 1 is 1.24 bits per heavy atom. The van der Waals surface area contributed by atoms with Gasteiger partial charge in [-0.25, -0.2) is 4.39 Å². The van der Waals surface area contributed by atoms with Crippen LogP contribution in [0.15, 0.2) is 30.3 Å². The summed E-state index contributed by atoms with van der Waals surface area (Å²) in [4.78, 5) is 0. The molecule has 0 fully saturated rings. The molecule has 0 aromatic heterocycles. The Morgan fingerprint density at radius 2 is 1.95 bits per heavy atom. The first-order chi connectivity index (χ1) is 9.88. The molecule has 0 amide bonds. The summed E-state index contributed by atoms with van der Waals surface area (Å²) in [5, 5.41) is 0.736. The largest absolute Gasteiger partial charge is 0.489 e. The van der Waals surface area contributed by atoms with Gasteiger partial charge >= 0.3 is 0 Å². The third kappa shape index (κ3) is 3.67. The van der Waals surface area contributed by atoms with Crippen molar-refractivity contribution >= 4 is 17.3 Å². The summed E-state index contributed by atoms with van der Waals surface area (Å²) in [5.74, 6) is 0.727. The van der Waals surface area contributed by atoms with Crippen LogP contribution in [-0.4, -0.2) is 0 Å². The Hall–Kier alpha value is -1.74. The summed E-state index contributed by atoms with van der Waals surface area (Å²) in [6.45, 7) is 6.31. The molecule has 0 aliphatic heterocycles. The number of hydrogen-bond donors (Lipinski definition) is 1. The van der Waals surface area contributed by atoms with Gasteiger partial charge < -0.3 is 10.5 Å². The molecule has 0 atom stereocenters. The molecule has 2 N–H and O–H groups in total. The third-order valence-electron chi connectivity index (χ3n) is 3.40. The predicted octanol–water partition coefficient (Wildman–Crippen LogP) is 5.07. The van der Waals surface area contributed by atoms with Crippen molar-refractivity contribution in [3.05, 3.63) is 57.9 Å². The fourth-order valence-electron chi connectivity index (χ4n) is 2.12. The van der Waals surface area contributed by atoms with E-state index in [4.69, 9.17) is 22.1 Å². The number of aryl methyl sites for hydroxylation is 1. The molecule has 21 heavy (non-hydrogen) atoms. The molecule has 0 heterocycles. The second kappa shape index (κ2) is 6.35. The monoisotopic (exact) mass is 307 g/mol. The Balaban J connectivity index is 2.23. The standard InChI is InChI=1S/C17H19ClFNO/c1-10(2)14-8-17(11(3)6-15(14)18)21-9-12-7-13(19)4-5-16(12)20/h4-8,10H,9,20H2,1-3H3. The number of benzene rings is 2. The molecule has 0 spiro atoms. The maximum atomic E-state index is 13.2. The number of ether oxygens (including phenoxy) is 1. The highest BCUT2D eigenvalue weighted by atomic mass is 35.5. The van der Waals surface area contributed by atoms with Gasteiger partial charge in [0, 0.05) is 16.3 Å². The van der Waals surface area contributed by atoms with Crippen LogP contribution in [0.2, 0.25) is 5.02 Å². The maximum absolute atomic E-state index is 13.2. The molecule has 0 aliphatic rings. The molecule has 0 radical (unpaired) electrons. The Labute approximate surface area is 129 Å². The molecule has 2 nitrogen and oxygen atoms in total. The fourth-order valence-corrected chi connectivity index (χ4v) is 2.56. The summed E-state index contributed by atoms with van der Waals surface area (Å²) in [7, 11) is 0. The van der Waals surface area contributed by atoms with Gasteiger partial charge in [0.15, 0.2) is 0 Å². The van der Waals surface area contributed by atoms with Crippen LogP contribution in [0.4, 0.5) is 10.1 Å². The highest BCUT2D eigenvalue weighted by Crippen LogP contribution is 2.32. The minimum absolute atomic E-state index is 0.226. The lowest BCUT2D eigenvalue weighted by Gasteiger charge is -2.15. The van der Waals surface area contributed by atoms with Gasteiger partial charge in [0.2, 0.25) is 0 Å². The predicted molar refractivity (Wildman–Crippen MR) is 85.4 cm³/mol. The van der Waals surface area contributed by atoms with Crippen LogP contribution in [0.3, 0.4) is 0 Å². The highest BCUT2D eigenvalue weighted by molar-refractivity contribution is 6.31. The molecule has 2 rings (SSSR count). The van der Waals surface area contributed by atoms with Gasteiger partial charge in [0.1, 0.15) is 18.2 Å². The number of nitrogens with two attached hydrogens (primary N) is 1. The molecule has 0 unspecified atom stereocenters. The normalized spacial score (nSPS) is 11.0. The lowest BCUT2D eigenvalue weighted by Crippen LogP contribution is -2.03. The number of rotatable bonds is 4. The van der Waals surface area contributed by atoms with E-state index in [2.05, 4.69) is 13.8 Å². The molecule has 4 heteroatoms. The Kier molecular flexibility index (Phi) is 4.73. The van der Waals surface area contributed by atoms with Crippen LogP contribution < -0.4 is 10.5 Å². The van der Waals surface area contributed by atoms with Crippen molar-refractivity contribution in [2.45, 2.75) is 33.3 Å². The first kappa shape index (κ1) is 15.6. The van der Waals surface area contributed by atoms with E-state index in [1.807, 2.05) is 19.1 Å². The van der Waals surface area contributed by atoms with E-state index in [0.717, 1.165) is 21.9 Å². The molecular formula is C17H19ClFNO. The SMILES string of the molecule is Cc1cc(Cl)c(C(C)C)cc1OCc1cc(F)ccc1N. The second-order valence-electron chi connectivity index (χ2n) is 5.43. The van der Waals surface area contributed by atoms with Crippen molar-refractivity contribution in [1.29, 1.82) is 0 Å². The second-order valence-corrected chi connectivity index (χ2v) is 5.83. The molecule has 2 aromatic carbocycles. The zero-order valence-corrected chi connectivity index (χ0v) is 13.2. The molecule has 0 bridgehead atoms. The summed E-state index contributed by atoms with van der Waals surface area (Å²) in [6.07, 6.45) is 0. The van der Waals surface area contributed by atoms with Gasteiger partial charge in [0.05, 0.1) is 0 Å². The van der Waals surface area contributed by atoms with Crippen LogP contribution in [-0.2, 0) is 6.61 Å². The molecule has 0 aliphatic carbocycles. The van der Waals surface area contributed by atoms with Crippen LogP contribution in [0.5, 0.6) is 5.75 Å². The van der Waals surface area contributed by atoms with E-state index in [0.29, 0.717) is 17.2 Å². The average Bonchev–Trinajstić information content (AvgIpc) is 2.41. The van der Waals surface area contributed by atoms with E-state index in [-0.39, 0.29) is 12.4 Å². The van der Waals surface area contributed by atoms with Gasteiger partial charge in [0.25, 0.3) is 0 Å². The Bertz CT molecular complexity index is 655. The highest BCUT2D eigenvalue weighted by Gasteiger charge is 2.11. The first-order valence-electron chi connectivity index (χ1n) is 6.85. The summed E-state index contributed by atoms with van der Waals surface area (Å²) < 4.78 is 19.0.